The van der Waals surface area contributed by atoms with Crippen LogP contribution in [0.3, 0.4) is 0 Å². The summed E-state index contributed by atoms with van der Waals surface area (Å²) in [5, 5.41) is 0. The molecule has 1 heteroatoms. The van der Waals surface area contributed by atoms with Crippen molar-refractivity contribution < 1.29 is 21.2 Å². The second-order valence-electron chi connectivity index (χ2n) is 5.87. The zero-order chi connectivity index (χ0) is 14.5. The molecule has 2 aromatic rings. The van der Waals surface area contributed by atoms with Gasteiger partial charge in [0.05, 0.1) is 0 Å². The molecule has 1 aliphatic heterocycles. The molecule has 1 heterocycles. The lowest BCUT2D eigenvalue weighted by Crippen LogP contribution is -3.68. The van der Waals surface area contributed by atoms with E-state index in [9.17, 15) is 0 Å². The van der Waals surface area contributed by atoms with E-state index in [1.165, 1.54) is 30.1 Å². The van der Waals surface area contributed by atoms with Crippen LogP contribution in [0.4, 0.5) is 0 Å². The summed E-state index contributed by atoms with van der Waals surface area (Å²) in [5.74, 6) is 0.803. The predicted molar refractivity (Wildman–Crippen MR) is 86.2 cm³/mol. The van der Waals surface area contributed by atoms with E-state index < -0.39 is 0 Å². The SMILES string of the molecule is CCC1CCCC[I+]C1(c1ccccc1)c1ccccc1. The van der Waals surface area contributed by atoms with Gasteiger partial charge in [-0.1, -0.05) is 67.6 Å². The van der Waals surface area contributed by atoms with E-state index in [2.05, 4.69) is 67.6 Å². The number of benzene rings is 2. The van der Waals surface area contributed by atoms with E-state index in [0.29, 0.717) is 3.42 Å². The number of hydrogen-bond donors (Lipinski definition) is 0. The van der Waals surface area contributed by atoms with Gasteiger partial charge in [-0.05, 0) is 25.7 Å². The monoisotopic (exact) mass is 391 g/mol. The van der Waals surface area contributed by atoms with Crippen LogP contribution in [0.5, 0.6) is 0 Å². The first-order valence-corrected chi connectivity index (χ1v) is 10.7. The average Bonchev–Trinajstić information content (AvgIpc) is 2.79. The largest absolute Gasteiger partial charge is 0.286 e. The lowest BCUT2D eigenvalue weighted by Gasteiger charge is -2.31. The third kappa shape index (κ3) is 2.90. The Kier molecular flexibility index (Phi) is 4.99. The third-order valence-electron chi connectivity index (χ3n) is 4.68. The maximum absolute atomic E-state index is 2.39. The Hall–Kier alpha value is -0.830. The first-order valence-electron chi connectivity index (χ1n) is 8.09. The highest BCUT2D eigenvalue weighted by Crippen LogP contribution is 2.37. The second kappa shape index (κ2) is 6.95. The summed E-state index contributed by atoms with van der Waals surface area (Å²) in [5.41, 5.74) is 3.13. The molecule has 110 valence electrons. The zero-order valence-corrected chi connectivity index (χ0v) is 14.9. The number of alkyl halides is 2. The van der Waals surface area contributed by atoms with Crippen molar-refractivity contribution in [1.82, 2.24) is 0 Å². The Labute approximate surface area is 139 Å². The first kappa shape index (κ1) is 15.1. The highest BCUT2D eigenvalue weighted by Gasteiger charge is 2.53. The lowest BCUT2D eigenvalue weighted by atomic mass is 9.77. The highest BCUT2D eigenvalue weighted by molar-refractivity contribution is 5.36. The van der Waals surface area contributed by atoms with Crippen LogP contribution in [0.15, 0.2) is 60.7 Å². The van der Waals surface area contributed by atoms with E-state index in [4.69, 9.17) is 0 Å². The van der Waals surface area contributed by atoms with Crippen LogP contribution in [-0.2, 0) is 3.42 Å². The van der Waals surface area contributed by atoms with Gasteiger partial charge in [-0.25, -0.2) is 0 Å². The Bertz CT molecular complexity index is 507. The summed E-state index contributed by atoms with van der Waals surface area (Å²) < 4.78 is 1.78. The minimum atomic E-state index is 0.131. The molecule has 0 spiro atoms. The van der Waals surface area contributed by atoms with Gasteiger partial charge in [0.2, 0.25) is 3.42 Å². The fraction of sp³-hybridized carbons (Fsp3) is 0.400. The number of rotatable bonds is 3. The van der Waals surface area contributed by atoms with E-state index in [1.54, 1.807) is 11.1 Å². The van der Waals surface area contributed by atoms with E-state index in [1.807, 2.05) is 0 Å². The summed E-state index contributed by atoms with van der Waals surface area (Å²) in [4.78, 5) is 0. The van der Waals surface area contributed by atoms with Gasteiger partial charge in [0, 0.05) is 17.0 Å². The van der Waals surface area contributed by atoms with Gasteiger partial charge < -0.3 is 0 Å². The van der Waals surface area contributed by atoms with E-state index >= 15 is 0 Å². The van der Waals surface area contributed by atoms with Crippen molar-refractivity contribution in [2.75, 3.05) is 4.43 Å². The number of halogens is 1. The van der Waals surface area contributed by atoms with Crippen molar-refractivity contribution in [1.29, 1.82) is 0 Å². The van der Waals surface area contributed by atoms with Crippen molar-refractivity contribution in [2.24, 2.45) is 5.92 Å². The van der Waals surface area contributed by atoms with Crippen molar-refractivity contribution in [2.45, 2.75) is 36.0 Å². The predicted octanol–water partition coefficient (Wildman–Crippen LogP) is 2.23. The van der Waals surface area contributed by atoms with Gasteiger partial charge in [-0.3, -0.25) is 0 Å². The number of hydrogen-bond acceptors (Lipinski definition) is 0. The Balaban J connectivity index is 2.18. The second-order valence-corrected chi connectivity index (χ2v) is 9.41. The fourth-order valence-corrected chi connectivity index (χ4v) is 8.39. The minimum Gasteiger partial charge on any atom is -0.0649 e. The van der Waals surface area contributed by atoms with Gasteiger partial charge in [0.15, 0.2) is 0 Å². The molecule has 1 saturated heterocycles. The smallest absolute Gasteiger partial charge is 0.0649 e. The topological polar surface area (TPSA) is 0 Å². The molecule has 3 rings (SSSR count). The molecule has 0 saturated carbocycles. The molecule has 2 aromatic carbocycles. The molecule has 1 aliphatic rings. The van der Waals surface area contributed by atoms with Gasteiger partial charge in [0.25, 0.3) is 21.2 Å². The summed E-state index contributed by atoms with van der Waals surface area (Å²) in [6.45, 7) is 2.39. The van der Waals surface area contributed by atoms with Crippen LogP contribution in [0.25, 0.3) is 0 Å². The van der Waals surface area contributed by atoms with Gasteiger partial charge in [-0.15, -0.1) is 0 Å². The van der Waals surface area contributed by atoms with Crippen LogP contribution in [0.1, 0.15) is 43.7 Å². The van der Waals surface area contributed by atoms with Gasteiger partial charge >= 0.3 is 0 Å². The fourth-order valence-electron chi connectivity index (χ4n) is 3.65. The van der Waals surface area contributed by atoms with Crippen LogP contribution in [-0.4, -0.2) is 4.43 Å². The molecule has 1 atom stereocenters. The van der Waals surface area contributed by atoms with Gasteiger partial charge in [-0.2, -0.15) is 0 Å². The van der Waals surface area contributed by atoms with Crippen LogP contribution in [0, 0.1) is 5.92 Å². The van der Waals surface area contributed by atoms with Gasteiger partial charge in [0.1, 0.15) is 4.43 Å². The normalized spacial score (nSPS) is 21.7. The molecule has 0 radical (unpaired) electrons. The molecule has 0 aliphatic carbocycles. The van der Waals surface area contributed by atoms with Crippen LogP contribution < -0.4 is 21.2 Å². The summed E-state index contributed by atoms with van der Waals surface area (Å²) in [6.07, 6.45) is 5.54. The molecular weight excluding hydrogens is 367 g/mol. The van der Waals surface area contributed by atoms with Crippen LogP contribution in [0.2, 0.25) is 0 Å². The lowest BCUT2D eigenvalue weighted by molar-refractivity contribution is -0.732. The van der Waals surface area contributed by atoms with Crippen LogP contribution >= 0.6 is 0 Å². The van der Waals surface area contributed by atoms with E-state index in [-0.39, 0.29) is 21.2 Å². The van der Waals surface area contributed by atoms with E-state index in [0.717, 1.165) is 5.92 Å². The molecule has 0 aromatic heterocycles. The molecule has 0 amide bonds. The molecular formula is C20H24I+. The summed E-state index contributed by atoms with van der Waals surface area (Å²) >= 11 is 0.131. The highest BCUT2D eigenvalue weighted by atomic mass is 127. The Morgan fingerprint density at radius 3 is 2.00 bits per heavy atom. The standard InChI is InChI=1S/C20H24I/c1-2-17-11-9-10-16-21-20(17,18-12-5-3-6-13-18)19-14-7-4-8-15-19/h3-8,12-15,17H,2,9-11,16H2,1H3/q+1. The molecule has 1 unspecified atom stereocenters. The molecule has 21 heavy (non-hydrogen) atoms. The molecule has 0 nitrogen and oxygen atoms in total. The summed E-state index contributed by atoms with van der Waals surface area (Å²) in [7, 11) is 0. The molecule has 0 N–H and O–H groups in total. The quantitative estimate of drug-likeness (QED) is 0.556. The minimum absolute atomic E-state index is 0.131. The Morgan fingerprint density at radius 1 is 0.905 bits per heavy atom. The molecule has 1 fully saturated rings. The van der Waals surface area contributed by atoms with Crippen molar-refractivity contribution >= 4 is 0 Å². The zero-order valence-electron chi connectivity index (χ0n) is 12.8. The van der Waals surface area contributed by atoms with Crippen molar-refractivity contribution in [3.8, 4) is 0 Å². The molecule has 0 bridgehead atoms. The Morgan fingerprint density at radius 2 is 1.48 bits per heavy atom. The summed E-state index contributed by atoms with van der Waals surface area (Å²) in [6, 6.07) is 22.7. The maximum Gasteiger partial charge on any atom is 0.286 e. The average molecular weight is 391 g/mol. The van der Waals surface area contributed by atoms with Crippen molar-refractivity contribution in [3.05, 3.63) is 71.8 Å². The third-order valence-corrected chi connectivity index (χ3v) is 9.32. The first-order chi connectivity index (χ1) is 10.4. The maximum atomic E-state index is 2.39. The van der Waals surface area contributed by atoms with Crippen molar-refractivity contribution in [3.63, 3.8) is 0 Å².